The van der Waals surface area contributed by atoms with E-state index in [1.165, 1.54) is 71.9 Å². The molecule has 0 saturated heterocycles. The van der Waals surface area contributed by atoms with Gasteiger partial charge in [-0.15, -0.1) is 0 Å². The third-order valence-electron chi connectivity index (χ3n) is 6.96. The first-order valence-corrected chi connectivity index (χ1v) is 11.1. The fraction of sp³-hybridized carbons (Fsp3) is 0.429. The van der Waals surface area contributed by atoms with Gasteiger partial charge in [0, 0.05) is 11.8 Å². The quantitative estimate of drug-likeness (QED) is 0.431. The predicted octanol–water partition coefficient (Wildman–Crippen LogP) is 8.18. The van der Waals surface area contributed by atoms with E-state index in [-0.39, 0.29) is 0 Å². The van der Waals surface area contributed by atoms with Crippen LogP contribution in [0.25, 0.3) is 12.2 Å². The number of benzene rings is 2. The van der Waals surface area contributed by atoms with Gasteiger partial charge in [0.25, 0.3) is 0 Å². The van der Waals surface area contributed by atoms with E-state index < -0.39 is 0 Å². The van der Waals surface area contributed by atoms with Crippen molar-refractivity contribution in [1.82, 2.24) is 0 Å². The lowest BCUT2D eigenvalue weighted by Crippen LogP contribution is -1.99. The first-order chi connectivity index (χ1) is 13.6. The van der Waals surface area contributed by atoms with Crippen molar-refractivity contribution in [2.75, 3.05) is 0 Å². The maximum atomic E-state index is 2.44. The maximum absolute atomic E-state index is 2.44. The van der Waals surface area contributed by atoms with E-state index in [4.69, 9.17) is 0 Å². The number of hydrogen-bond acceptors (Lipinski definition) is 0. The zero-order chi connectivity index (χ0) is 19.7. The normalized spacial score (nSPS) is 19.3. The number of allylic oxidation sites excluding steroid dienone is 2. The van der Waals surface area contributed by atoms with Crippen LogP contribution in [0.2, 0.25) is 0 Å². The van der Waals surface area contributed by atoms with Gasteiger partial charge in [0.05, 0.1) is 0 Å². The number of fused-ring (bicyclic) bond motifs is 2. The Kier molecular flexibility index (Phi) is 5.58. The summed E-state index contributed by atoms with van der Waals surface area (Å²) in [5.41, 5.74) is 12.0. The van der Waals surface area contributed by atoms with Crippen molar-refractivity contribution in [3.63, 3.8) is 0 Å². The first kappa shape index (κ1) is 19.2. The smallest absolute Gasteiger partial charge is 0.00299 e. The van der Waals surface area contributed by atoms with Crippen LogP contribution in [-0.4, -0.2) is 0 Å². The molecule has 0 fully saturated rings. The van der Waals surface area contributed by atoms with Gasteiger partial charge < -0.3 is 0 Å². The number of aryl methyl sites for hydroxylation is 4. The Balaban J connectivity index is 1.23. The molecule has 0 N–H and O–H groups in total. The highest BCUT2D eigenvalue weighted by Crippen LogP contribution is 2.39. The van der Waals surface area contributed by atoms with Gasteiger partial charge in [-0.3, -0.25) is 0 Å². The average Bonchev–Trinajstić information content (AvgIpc) is 3.30. The van der Waals surface area contributed by atoms with Gasteiger partial charge in [-0.05, 0) is 85.0 Å². The molecule has 2 atom stereocenters. The molecule has 0 heterocycles. The van der Waals surface area contributed by atoms with Crippen LogP contribution < -0.4 is 0 Å². The van der Waals surface area contributed by atoms with Gasteiger partial charge in [-0.1, -0.05) is 74.3 Å². The molecule has 2 aromatic carbocycles. The largest absolute Gasteiger partial charge is 0.0764 e. The van der Waals surface area contributed by atoms with Crippen LogP contribution in [-0.2, 0) is 0 Å². The maximum Gasteiger partial charge on any atom is 0.00299 e. The van der Waals surface area contributed by atoms with Crippen molar-refractivity contribution in [3.05, 3.63) is 80.9 Å². The molecule has 146 valence electrons. The summed E-state index contributed by atoms with van der Waals surface area (Å²) in [6.45, 7) is 9.03. The Morgan fingerprint density at radius 2 is 0.929 bits per heavy atom. The average molecular weight is 371 g/mol. The van der Waals surface area contributed by atoms with Crippen molar-refractivity contribution >= 4 is 12.2 Å². The fourth-order valence-corrected chi connectivity index (χ4v) is 5.32. The van der Waals surface area contributed by atoms with Gasteiger partial charge >= 0.3 is 0 Å². The van der Waals surface area contributed by atoms with E-state index in [1.807, 2.05) is 0 Å². The van der Waals surface area contributed by atoms with E-state index in [0.29, 0.717) is 11.8 Å². The highest BCUT2D eigenvalue weighted by Gasteiger charge is 2.21. The van der Waals surface area contributed by atoms with Crippen molar-refractivity contribution in [2.45, 2.75) is 78.1 Å². The summed E-state index contributed by atoms with van der Waals surface area (Å²) < 4.78 is 0. The fourth-order valence-electron chi connectivity index (χ4n) is 5.32. The van der Waals surface area contributed by atoms with E-state index in [0.717, 1.165) is 0 Å². The molecule has 0 nitrogen and oxygen atoms in total. The molecule has 0 aromatic heterocycles. The molecule has 4 rings (SSSR count). The van der Waals surface area contributed by atoms with E-state index in [9.17, 15) is 0 Å². The third-order valence-corrected chi connectivity index (χ3v) is 6.96. The lowest BCUT2D eigenvalue weighted by atomic mass is 9.88. The lowest BCUT2D eigenvalue weighted by Gasteiger charge is -2.16. The second-order valence-electron chi connectivity index (χ2n) is 8.98. The van der Waals surface area contributed by atoms with E-state index in [1.54, 1.807) is 11.1 Å². The molecule has 2 aliphatic rings. The van der Waals surface area contributed by atoms with E-state index in [2.05, 4.69) is 76.3 Å². The minimum atomic E-state index is 0.644. The van der Waals surface area contributed by atoms with Crippen LogP contribution in [0.4, 0.5) is 0 Å². The molecule has 0 heteroatoms. The summed E-state index contributed by atoms with van der Waals surface area (Å²) in [6, 6.07) is 9.12. The minimum absolute atomic E-state index is 0.644. The minimum Gasteiger partial charge on any atom is -0.0764 e. The molecule has 0 spiro atoms. The van der Waals surface area contributed by atoms with Gasteiger partial charge in [0.15, 0.2) is 0 Å². The second-order valence-corrected chi connectivity index (χ2v) is 8.98. The summed E-state index contributed by atoms with van der Waals surface area (Å²) in [5, 5.41) is 0. The Bertz CT molecular complexity index is 848. The Morgan fingerprint density at radius 3 is 1.36 bits per heavy atom. The van der Waals surface area contributed by atoms with Crippen LogP contribution in [0.3, 0.4) is 0 Å². The van der Waals surface area contributed by atoms with Gasteiger partial charge in [-0.2, -0.15) is 0 Å². The molecule has 0 radical (unpaired) electrons. The molecule has 0 aliphatic heterocycles. The van der Waals surface area contributed by atoms with E-state index >= 15 is 0 Å². The van der Waals surface area contributed by atoms with Crippen molar-refractivity contribution in [1.29, 1.82) is 0 Å². The zero-order valence-electron chi connectivity index (χ0n) is 18.0. The third kappa shape index (κ3) is 3.62. The summed E-state index contributed by atoms with van der Waals surface area (Å²) >= 11 is 0. The number of hydrogen-bond donors (Lipinski definition) is 0. The monoisotopic (exact) mass is 370 g/mol. The second kappa shape index (κ2) is 8.11. The van der Waals surface area contributed by atoms with Crippen molar-refractivity contribution < 1.29 is 0 Å². The molecule has 0 amide bonds. The van der Waals surface area contributed by atoms with Crippen LogP contribution in [0, 0.1) is 27.7 Å². The van der Waals surface area contributed by atoms with Gasteiger partial charge in [-0.25, -0.2) is 0 Å². The summed E-state index contributed by atoms with van der Waals surface area (Å²) in [4.78, 5) is 0. The van der Waals surface area contributed by atoms with Gasteiger partial charge in [0.1, 0.15) is 0 Å². The molecule has 2 aromatic rings. The summed E-state index contributed by atoms with van der Waals surface area (Å²) in [7, 11) is 0. The molecule has 2 unspecified atom stereocenters. The van der Waals surface area contributed by atoms with Crippen molar-refractivity contribution in [3.8, 4) is 0 Å². The number of unbranched alkanes of at least 4 members (excludes halogenated alkanes) is 3. The van der Waals surface area contributed by atoms with Crippen LogP contribution >= 0.6 is 0 Å². The Labute approximate surface area is 171 Å². The van der Waals surface area contributed by atoms with Crippen LogP contribution in [0.15, 0.2) is 36.4 Å². The molecule has 0 bridgehead atoms. The molecular weight excluding hydrogens is 336 g/mol. The SMILES string of the molecule is Cc1ccc(C)c2c1C=CC2CCCCCCC1C=Cc2c(C)ccc(C)c21. The van der Waals surface area contributed by atoms with Crippen LogP contribution in [0.5, 0.6) is 0 Å². The predicted molar refractivity (Wildman–Crippen MR) is 123 cm³/mol. The molecule has 0 saturated carbocycles. The van der Waals surface area contributed by atoms with Gasteiger partial charge in [0.2, 0.25) is 0 Å². The molecule has 2 aliphatic carbocycles. The lowest BCUT2D eigenvalue weighted by molar-refractivity contribution is 0.564. The molecule has 28 heavy (non-hydrogen) atoms. The van der Waals surface area contributed by atoms with Crippen LogP contribution in [0.1, 0.15) is 94.9 Å². The highest BCUT2D eigenvalue weighted by molar-refractivity contribution is 5.68. The zero-order valence-corrected chi connectivity index (χ0v) is 18.0. The van der Waals surface area contributed by atoms with Crippen molar-refractivity contribution in [2.24, 2.45) is 0 Å². The Morgan fingerprint density at radius 1 is 0.536 bits per heavy atom. The first-order valence-electron chi connectivity index (χ1n) is 11.1. The summed E-state index contributed by atoms with van der Waals surface area (Å²) in [5.74, 6) is 1.29. The topological polar surface area (TPSA) is 0 Å². The standard InChI is InChI=1S/C28H34/c1-19-11-13-21(3)27-23(15-17-25(19)27)9-7-5-6-8-10-24-16-18-26-20(2)12-14-22(4)28(24)26/h11-18,23-24H,5-10H2,1-4H3. The highest BCUT2D eigenvalue weighted by atomic mass is 14.3. The Hall–Kier alpha value is -2.08. The number of rotatable bonds is 7. The molecular formula is C28H34. The summed E-state index contributed by atoms with van der Waals surface area (Å²) in [6.07, 6.45) is 17.6.